The maximum Gasteiger partial charge on any atom is 0.312 e. The molecule has 0 aromatic heterocycles. The van der Waals surface area contributed by atoms with Gasteiger partial charge in [0.25, 0.3) is 0 Å². The van der Waals surface area contributed by atoms with E-state index in [2.05, 4.69) is 32.4 Å². The van der Waals surface area contributed by atoms with Gasteiger partial charge in [0.1, 0.15) is 5.60 Å². The van der Waals surface area contributed by atoms with Gasteiger partial charge in [0.05, 0.1) is 32.0 Å². The monoisotopic (exact) mass is 430 g/mol. The van der Waals surface area contributed by atoms with Crippen LogP contribution in [0, 0.1) is 21.7 Å². The van der Waals surface area contributed by atoms with E-state index in [1.54, 1.807) is 0 Å². The molecular weight excluding hydrogens is 384 g/mol. The Balaban J connectivity index is 0. The van der Waals surface area contributed by atoms with Gasteiger partial charge in [-0.2, -0.15) is 0 Å². The number of cyclic esters (lactones) is 2. The van der Waals surface area contributed by atoms with Crippen molar-refractivity contribution in [2.45, 2.75) is 102 Å². The van der Waals surface area contributed by atoms with Crippen LogP contribution in [0.1, 0.15) is 96.4 Å². The van der Waals surface area contributed by atoms with Crippen LogP contribution in [-0.4, -0.2) is 37.2 Å². The van der Waals surface area contributed by atoms with Crippen LogP contribution in [0.2, 0.25) is 0 Å². The van der Waals surface area contributed by atoms with Crippen molar-refractivity contribution in [1.29, 1.82) is 0 Å². The van der Waals surface area contributed by atoms with Crippen molar-refractivity contribution >= 4 is 17.9 Å². The highest BCUT2D eigenvalue weighted by Gasteiger charge is 2.50. The Hall–Kier alpha value is -1.59. The number of carbonyl (C=O) groups is 3. The Labute approximate surface area is 184 Å². The van der Waals surface area contributed by atoms with Gasteiger partial charge in [0.15, 0.2) is 0 Å². The molecule has 0 bridgehead atoms. The van der Waals surface area contributed by atoms with E-state index in [0.717, 1.165) is 0 Å². The van der Waals surface area contributed by atoms with Gasteiger partial charge in [0.2, 0.25) is 0 Å². The number of carbonyl (C=O) groups excluding carboxylic acids is 3. The SMILES string of the molecule is C.CC1(C)CC(=O)OC1(C)C.CC1(C)COC(=O)C1(C)C.COC(=O)CC(C)(C)C. The summed E-state index contributed by atoms with van der Waals surface area (Å²) in [6.45, 7) is 22.6. The first-order valence-electron chi connectivity index (χ1n) is 10.1. The van der Waals surface area contributed by atoms with Crippen molar-refractivity contribution in [3.05, 3.63) is 0 Å². The van der Waals surface area contributed by atoms with Gasteiger partial charge in [-0.25, -0.2) is 0 Å². The van der Waals surface area contributed by atoms with Crippen molar-refractivity contribution < 1.29 is 28.6 Å². The van der Waals surface area contributed by atoms with Crippen molar-refractivity contribution in [3.8, 4) is 0 Å². The van der Waals surface area contributed by atoms with Crippen LogP contribution in [0.3, 0.4) is 0 Å². The van der Waals surface area contributed by atoms with E-state index in [9.17, 15) is 14.4 Å². The van der Waals surface area contributed by atoms with Crippen molar-refractivity contribution in [2.24, 2.45) is 21.7 Å². The highest BCUT2D eigenvalue weighted by atomic mass is 16.6. The van der Waals surface area contributed by atoms with Gasteiger partial charge in [-0.1, -0.05) is 55.9 Å². The lowest BCUT2D eigenvalue weighted by molar-refractivity contribution is -0.148. The number of hydrogen-bond donors (Lipinski definition) is 0. The van der Waals surface area contributed by atoms with Gasteiger partial charge in [-0.3, -0.25) is 14.4 Å². The lowest BCUT2D eigenvalue weighted by atomic mass is 9.70. The number of methoxy groups -OCH3 is 1. The van der Waals surface area contributed by atoms with Crippen LogP contribution >= 0.6 is 0 Å². The molecule has 2 saturated heterocycles. The molecule has 2 aliphatic heterocycles. The molecule has 0 saturated carbocycles. The largest absolute Gasteiger partial charge is 0.469 e. The summed E-state index contributed by atoms with van der Waals surface area (Å²) in [4.78, 5) is 32.5. The molecule has 0 spiro atoms. The maximum absolute atomic E-state index is 11.1. The molecular formula is C24H46O6. The summed E-state index contributed by atoms with van der Waals surface area (Å²) < 4.78 is 14.6. The Morgan fingerprint density at radius 2 is 1.43 bits per heavy atom. The lowest BCUT2D eigenvalue weighted by Gasteiger charge is -2.31. The molecule has 0 N–H and O–H groups in total. The fourth-order valence-electron chi connectivity index (χ4n) is 2.42. The summed E-state index contributed by atoms with van der Waals surface area (Å²) in [5.74, 6) is -0.282. The van der Waals surface area contributed by atoms with Crippen molar-refractivity contribution in [2.75, 3.05) is 13.7 Å². The van der Waals surface area contributed by atoms with Crippen LogP contribution in [0.15, 0.2) is 0 Å². The van der Waals surface area contributed by atoms with E-state index in [1.165, 1.54) is 7.11 Å². The van der Waals surface area contributed by atoms with Crippen molar-refractivity contribution in [3.63, 3.8) is 0 Å². The Bertz CT molecular complexity index is 585. The summed E-state index contributed by atoms with van der Waals surface area (Å²) in [5, 5.41) is 0. The number of hydrogen-bond acceptors (Lipinski definition) is 6. The summed E-state index contributed by atoms with van der Waals surface area (Å²) in [6, 6.07) is 0. The quantitative estimate of drug-likeness (QED) is 0.400. The first kappa shape index (κ1) is 30.6. The molecule has 0 aromatic carbocycles. The van der Waals surface area contributed by atoms with Gasteiger partial charge >= 0.3 is 17.9 Å². The third kappa shape index (κ3) is 8.27. The zero-order valence-electron chi connectivity index (χ0n) is 20.6. The normalized spacial score (nSPS) is 22.1. The fraction of sp³-hybridized carbons (Fsp3) is 0.875. The number of ether oxygens (including phenoxy) is 3. The summed E-state index contributed by atoms with van der Waals surface area (Å²) in [6.07, 6.45) is 1.03. The molecule has 30 heavy (non-hydrogen) atoms. The Kier molecular flexibility index (Phi) is 10.3. The second-order valence-electron chi connectivity index (χ2n) is 11.4. The zero-order valence-corrected chi connectivity index (χ0v) is 20.6. The van der Waals surface area contributed by atoms with Crippen LogP contribution in [0.4, 0.5) is 0 Å². The summed E-state index contributed by atoms with van der Waals surface area (Å²) in [7, 11) is 1.41. The predicted molar refractivity (Wildman–Crippen MR) is 120 cm³/mol. The Morgan fingerprint density at radius 3 is 1.53 bits per heavy atom. The second-order valence-corrected chi connectivity index (χ2v) is 11.4. The van der Waals surface area contributed by atoms with E-state index in [0.29, 0.717) is 19.4 Å². The standard InChI is InChI=1S/2C8H14O2.C7H14O2.CH4/c1-7(2)5-10-6(9)8(7,3)4;1-7(2)5-6(9)10-8(7,3)4;1-7(2,3)5-6(8)9-4;/h2*5H2,1-4H3;5H2,1-4H3;1H4. The van der Waals surface area contributed by atoms with E-state index < -0.39 is 0 Å². The predicted octanol–water partition coefficient (Wildman–Crippen LogP) is 5.57. The fourth-order valence-corrected chi connectivity index (χ4v) is 2.42. The Morgan fingerprint density at radius 1 is 0.967 bits per heavy atom. The van der Waals surface area contributed by atoms with Gasteiger partial charge in [-0.05, 0) is 33.1 Å². The molecule has 2 fully saturated rings. The molecule has 0 aromatic rings. The first-order valence-corrected chi connectivity index (χ1v) is 10.1. The molecule has 6 nitrogen and oxygen atoms in total. The second kappa shape index (κ2) is 10.1. The molecule has 0 atom stereocenters. The minimum atomic E-state index is -0.312. The smallest absolute Gasteiger partial charge is 0.312 e. The van der Waals surface area contributed by atoms with Gasteiger partial charge in [0, 0.05) is 10.8 Å². The highest BCUT2D eigenvalue weighted by Crippen LogP contribution is 2.44. The van der Waals surface area contributed by atoms with E-state index in [4.69, 9.17) is 9.47 Å². The summed E-state index contributed by atoms with van der Waals surface area (Å²) >= 11 is 0. The molecule has 178 valence electrons. The highest BCUT2D eigenvalue weighted by molar-refractivity contribution is 5.79. The number of rotatable bonds is 1. The minimum absolute atomic E-state index is 0. The van der Waals surface area contributed by atoms with Gasteiger partial charge in [-0.15, -0.1) is 0 Å². The molecule has 6 heteroatoms. The lowest BCUT2D eigenvalue weighted by Crippen LogP contribution is -2.34. The van der Waals surface area contributed by atoms with Crippen LogP contribution in [-0.2, 0) is 28.6 Å². The first-order chi connectivity index (χ1) is 12.7. The zero-order chi connectivity index (χ0) is 23.5. The third-order valence-corrected chi connectivity index (χ3v) is 6.25. The van der Waals surface area contributed by atoms with Crippen LogP contribution < -0.4 is 0 Å². The topological polar surface area (TPSA) is 78.9 Å². The summed E-state index contributed by atoms with van der Waals surface area (Å²) in [5.41, 5.74) is -0.571. The average molecular weight is 431 g/mol. The van der Waals surface area contributed by atoms with Crippen LogP contribution in [0.25, 0.3) is 0 Å². The number of esters is 3. The molecule has 0 aliphatic carbocycles. The van der Waals surface area contributed by atoms with E-state index in [1.807, 2.05) is 48.5 Å². The van der Waals surface area contributed by atoms with Gasteiger partial charge < -0.3 is 14.2 Å². The molecule has 2 heterocycles. The maximum atomic E-state index is 11.1. The van der Waals surface area contributed by atoms with E-state index in [-0.39, 0.29) is 52.6 Å². The molecule has 0 unspecified atom stereocenters. The average Bonchev–Trinajstić information content (AvgIpc) is 2.80. The molecule has 2 aliphatic rings. The minimum Gasteiger partial charge on any atom is -0.469 e. The van der Waals surface area contributed by atoms with Crippen LogP contribution in [0.5, 0.6) is 0 Å². The molecule has 0 radical (unpaired) electrons. The molecule has 2 rings (SSSR count). The molecule has 0 amide bonds. The third-order valence-electron chi connectivity index (χ3n) is 6.25. The van der Waals surface area contributed by atoms with Crippen molar-refractivity contribution in [1.82, 2.24) is 0 Å². The van der Waals surface area contributed by atoms with E-state index >= 15 is 0 Å².